The van der Waals surface area contributed by atoms with Crippen molar-refractivity contribution in [2.75, 3.05) is 13.7 Å². The number of likely N-dealkylation sites (N-methyl/N-ethyl adjacent to an activating group) is 1. The average molecular weight is 352 g/mol. The van der Waals surface area contributed by atoms with Gasteiger partial charge in [-0.25, -0.2) is 4.39 Å². The molecule has 0 saturated heterocycles. The largest absolute Gasteiger partial charge is 0.497 e. The fourth-order valence-corrected chi connectivity index (χ4v) is 2.86. The van der Waals surface area contributed by atoms with Gasteiger partial charge < -0.3 is 10.1 Å². The van der Waals surface area contributed by atoms with Crippen LogP contribution in [0.4, 0.5) is 4.39 Å². The minimum atomic E-state index is -0.167. The second-order valence-corrected chi connectivity index (χ2v) is 5.65. The summed E-state index contributed by atoms with van der Waals surface area (Å²) in [7, 11) is 1.64. The van der Waals surface area contributed by atoms with E-state index in [1.165, 1.54) is 6.07 Å². The van der Waals surface area contributed by atoms with E-state index in [1.807, 2.05) is 37.3 Å². The first-order valence-corrected chi connectivity index (χ1v) is 7.75. The molecule has 0 aliphatic rings. The van der Waals surface area contributed by atoms with Crippen LogP contribution in [0.3, 0.4) is 0 Å². The topological polar surface area (TPSA) is 21.3 Å². The molecular formula is C17H19BrFNO. The van der Waals surface area contributed by atoms with E-state index in [0.29, 0.717) is 12.0 Å². The van der Waals surface area contributed by atoms with Crippen molar-refractivity contribution in [2.24, 2.45) is 0 Å². The second kappa shape index (κ2) is 7.57. The zero-order valence-electron chi connectivity index (χ0n) is 12.2. The lowest BCUT2D eigenvalue weighted by Crippen LogP contribution is -2.23. The van der Waals surface area contributed by atoms with Crippen LogP contribution >= 0.6 is 15.9 Å². The molecule has 2 aromatic rings. The molecule has 0 saturated carbocycles. The SMILES string of the molecule is CCNC(Cc1ccccc1F)c1cc(OC)ccc1Br. The van der Waals surface area contributed by atoms with E-state index in [0.717, 1.165) is 22.3 Å². The normalized spacial score (nSPS) is 12.2. The third-order valence-corrected chi connectivity index (χ3v) is 4.13. The molecule has 0 amide bonds. The molecule has 0 fully saturated rings. The highest BCUT2D eigenvalue weighted by molar-refractivity contribution is 9.10. The molecule has 2 nitrogen and oxygen atoms in total. The number of nitrogens with one attached hydrogen (secondary N) is 1. The van der Waals surface area contributed by atoms with Crippen molar-refractivity contribution in [3.8, 4) is 5.75 Å². The molecule has 0 aliphatic heterocycles. The van der Waals surface area contributed by atoms with Crippen molar-refractivity contribution in [1.82, 2.24) is 5.32 Å². The average Bonchev–Trinajstić information content (AvgIpc) is 2.49. The van der Waals surface area contributed by atoms with E-state index in [2.05, 4.69) is 21.2 Å². The van der Waals surface area contributed by atoms with Crippen LogP contribution in [0.15, 0.2) is 46.9 Å². The number of benzene rings is 2. The maximum atomic E-state index is 13.9. The van der Waals surface area contributed by atoms with Crippen LogP contribution in [0.2, 0.25) is 0 Å². The predicted octanol–water partition coefficient (Wildman–Crippen LogP) is 4.49. The maximum absolute atomic E-state index is 13.9. The van der Waals surface area contributed by atoms with Crippen LogP contribution in [0, 0.1) is 5.82 Å². The second-order valence-electron chi connectivity index (χ2n) is 4.79. The molecule has 0 aliphatic carbocycles. The highest BCUT2D eigenvalue weighted by Gasteiger charge is 2.17. The summed E-state index contributed by atoms with van der Waals surface area (Å²) in [5, 5.41) is 3.41. The number of hydrogen-bond donors (Lipinski definition) is 1. The first kappa shape index (κ1) is 16.0. The Morgan fingerprint density at radius 2 is 2.00 bits per heavy atom. The van der Waals surface area contributed by atoms with E-state index in [4.69, 9.17) is 4.74 Å². The fourth-order valence-electron chi connectivity index (χ4n) is 2.34. The van der Waals surface area contributed by atoms with Crippen LogP contribution in [-0.2, 0) is 6.42 Å². The molecule has 21 heavy (non-hydrogen) atoms. The molecule has 0 aromatic heterocycles. The first-order valence-electron chi connectivity index (χ1n) is 6.96. The molecular weight excluding hydrogens is 333 g/mol. The Kier molecular flexibility index (Phi) is 5.76. The highest BCUT2D eigenvalue weighted by Crippen LogP contribution is 2.30. The molecule has 0 bridgehead atoms. The number of methoxy groups -OCH3 is 1. The van der Waals surface area contributed by atoms with Crippen molar-refractivity contribution < 1.29 is 9.13 Å². The number of ether oxygens (including phenoxy) is 1. The standard InChI is InChI=1S/C17H19BrFNO/c1-3-20-17(10-12-6-4-5-7-16(12)19)14-11-13(21-2)8-9-15(14)18/h4-9,11,17,20H,3,10H2,1-2H3. The smallest absolute Gasteiger partial charge is 0.126 e. The van der Waals surface area contributed by atoms with Crippen LogP contribution in [-0.4, -0.2) is 13.7 Å². The van der Waals surface area contributed by atoms with E-state index in [-0.39, 0.29) is 11.9 Å². The van der Waals surface area contributed by atoms with Gasteiger partial charge in [0.15, 0.2) is 0 Å². The van der Waals surface area contributed by atoms with Crippen LogP contribution in [0.5, 0.6) is 5.75 Å². The summed E-state index contributed by atoms with van der Waals surface area (Å²) in [6, 6.07) is 12.8. The third kappa shape index (κ3) is 4.05. The van der Waals surface area contributed by atoms with Gasteiger partial charge in [0.05, 0.1) is 7.11 Å². The monoisotopic (exact) mass is 351 g/mol. The molecule has 2 rings (SSSR count). The number of rotatable bonds is 6. The van der Waals surface area contributed by atoms with Gasteiger partial charge in [0.2, 0.25) is 0 Å². The van der Waals surface area contributed by atoms with E-state index in [9.17, 15) is 4.39 Å². The van der Waals surface area contributed by atoms with Crippen LogP contribution in [0.25, 0.3) is 0 Å². The lowest BCUT2D eigenvalue weighted by molar-refractivity contribution is 0.412. The van der Waals surface area contributed by atoms with E-state index < -0.39 is 0 Å². The zero-order chi connectivity index (χ0) is 15.2. The molecule has 2 aromatic carbocycles. The minimum Gasteiger partial charge on any atom is -0.497 e. The maximum Gasteiger partial charge on any atom is 0.126 e. The van der Waals surface area contributed by atoms with Gasteiger partial charge >= 0.3 is 0 Å². The molecule has 0 radical (unpaired) electrons. The molecule has 1 atom stereocenters. The lowest BCUT2D eigenvalue weighted by Gasteiger charge is -2.21. The molecule has 0 spiro atoms. The van der Waals surface area contributed by atoms with Crippen molar-refractivity contribution >= 4 is 15.9 Å². The zero-order valence-corrected chi connectivity index (χ0v) is 13.8. The van der Waals surface area contributed by atoms with Crippen LogP contribution < -0.4 is 10.1 Å². The summed E-state index contributed by atoms with van der Waals surface area (Å²) >= 11 is 3.57. The Morgan fingerprint density at radius 3 is 2.67 bits per heavy atom. The van der Waals surface area contributed by atoms with Gasteiger partial charge in [0.1, 0.15) is 11.6 Å². The Labute approximate surface area is 133 Å². The van der Waals surface area contributed by atoms with Crippen molar-refractivity contribution in [3.63, 3.8) is 0 Å². The van der Waals surface area contributed by atoms with Gasteiger partial charge in [0.25, 0.3) is 0 Å². The summed E-state index contributed by atoms with van der Waals surface area (Å²) in [6.07, 6.45) is 0.590. The molecule has 1 N–H and O–H groups in total. The van der Waals surface area contributed by atoms with E-state index in [1.54, 1.807) is 13.2 Å². The number of hydrogen-bond acceptors (Lipinski definition) is 2. The van der Waals surface area contributed by atoms with Gasteiger partial charge in [-0.1, -0.05) is 41.1 Å². The first-order chi connectivity index (χ1) is 10.2. The molecule has 4 heteroatoms. The van der Waals surface area contributed by atoms with Crippen molar-refractivity contribution in [3.05, 3.63) is 63.9 Å². The molecule has 112 valence electrons. The summed E-state index contributed by atoms with van der Waals surface area (Å²) < 4.78 is 20.2. The van der Waals surface area contributed by atoms with Crippen molar-refractivity contribution in [2.45, 2.75) is 19.4 Å². The quantitative estimate of drug-likeness (QED) is 0.827. The Balaban J connectivity index is 2.33. The third-order valence-electron chi connectivity index (χ3n) is 3.41. The highest BCUT2D eigenvalue weighted by atomic mass is 79.9. The van der Waals surface area contributed by atoms with E-state index >= 15 is 0 Å². The van der Waals surface area contributed by atoms with Crippen LogP contribution in [0.1, 0.15) is 24.1 Å². The van der Waals surface area contributed by atoms with Gasteiger partial charge in [0, 0.05) is 10.5 Å². The summed E-state index contributed by atoms with van der Waals surface area (Å²) in [6.45, 7) is 2.85. The van der Waals surface area contributed by atoms with Gasteiger partial charge in [-0.2, -0.15) is 0 Å². The fraction of sp³-hybridized carbons (Fsp3) is 0.294. The molecule has 1 unspecified atom stereocenters. The minimum absolute atomic E-state index is 0.0244. The van der Waals surface area contributed by atoms with Gasteiger partial charge in [-0.05, 0) is 48.4 Å². The van der Waals surface area contributed by atoms with Gasteiger partial charge in [-0.3, -0.25) is 0 Å². The Bertz CT molecular complexity index is 603. The summed E-state index contributed by atoms with van der Waals surface area (Å²) in [4.78, 5) is 0. The van der Waals surface area contributed by atoms with Crippen molar-refractivity contribution in [1.29, 1.82) is 0 Å². The molecule has 0 heterocycles. The summed E-state index contributed by atoms with van der Waals surface area (Å²) in [5.74, 6) is 0.629. The number of halogens is 2. The Morgan fingerprint density at radius 1 is 1.24 bits per heavy atom. The lowest BCUT2D eigenvalue weighted by atomic mass is 9.98. The van der Waals surface area contributed by atoms with Gasteiger partial charge in [-0.15, -0.1) is 0 Å². The predicted molar refractivity (Wildman–Crippen MR) is 87.2 cm³/mol. The summed E-state index contributed by atoms with van der Waals surface area (Å²) in [5.41, 5.74) is 1.78. The Hall–Kier alpha value is -1.39.